The molecule has 0 spiro atoms. The quantitative estimate of drug-likeness (QED) is 0.727. The molecule has 1 aromatic carbocycles. The predicted molar refractivity (Wildman–Crippen MR) is 57.5 cm³/mol. The van der Waals surface area contributed by atoms with Crippen molar-refractivity contribution in [2.24, 2.45) is 0 Å². The average molecular weight is 196 g/mol. The molecule has 0 aliphatic carbocycles. The van der Waals surface area contributed by atoms with Crippen molar-refractivity contribution in [2.75, 3.05) is 12.9 Å². The van der Waals surface area contributed by atoms with E-state index in [1.54, 1.807) is 25.3 Å². The second-order valence-corrected chi connectivity index (χ2v) is 2.87. The summed E-state index contributed by atoms with van der Waals surface area (Å²) >= 11 is 4.03. The van der Waals surface area contributed by atoms with Gasteiger partial charge in [-0.05, 0) is 18.2 Å². The fourth-order valence-corrected chi connectivity index (χ4v) is 1.08. The molecule has 0 aromatic heterocycles. The Kier molecular flexibility index (Phi) is 3.71. The van der Waals surface area contributed by atoms with Crippen LogP contribution in [0.15, 0.2) is 24.3 Å². The summed E-state index contributed by atoms with van der Waals surface area (Å²) in [4.78, 5) is 0. The van der Waals surface area contributed by atoms with E-state index in [4.69, 9.17) is 4.74 Å². The Morgan fingerprint density at radius 1 is 1.54 bits per heavy atom. The van der Waals surface area contributed by atoms with E-state index in [0.29, 0.717) is 5.75 Å². The van der Waals surface area contributed by atoms with Gasteiger partial charge in [0.25, 0.3) is 0 Å². The highest BCUT2D eigenvalue weighted by atomic mass is 32.1. The second-order valence-electron chi connectivity index (χ2n) is 2.51. The summed E-state index contributed by atoms with van der Waals surface area (Å²) in [6.45, 7) is 0. The maximum absolute atomic E-state index is 9.43. The van der Waals surface area contributed by atoms with Gasteiger partial charge in [-0.2, -0.15) is 12.6 Å². The number of hydrogen-bond donors (Lipinski definition) is 2. The second kappa shape index (κ2) is 4.82. The molecule has 13 heavy (non-hydrogen) atoms. The molecule has 0 aliphatic heterocycles. The maximum Gasteiger partial charge on any atom is 0.123 e. The van der Waals surface area contributed by atoms with Crippen molar-refractivity contribution in [1.82, 2.24) is 0 Å². The predicted octanol–water partition coefficient (Wildman–Crippen LogP) is 2.34. The van der Waals surface area contributed by atoms with Crippen LogP contribution in [0.4, 0.5) is 0 Å². The van der Waals surface area contributed by atoms with E-state index >= 15 is 0 Å². The minimum Gasteiger partial charge on any atom is -0.507 e. The molecule has 1 aromatic rings. The van der Waals surface area contributed by atoms with E-state index in [0.717, 1.165) is 11.3 Å². The SMILES string of the molecule is COc1ccc(O)c(C=CCS)c1. The molecule has 0 aliphatic rings. The fraction of sp³-hybridized carbons (Fsp3) is 0.200. The summed E-state index contributed by atoms with van der Waals surface area (Å²) in [5, 5.41) is 9.43. The number of benzene rings is 1. The highest BCUT2D eigenvalue weighted by molar-refractivity contribution is 7.80. The summed E-state index contributed by atoms with van der Waals surface area (Å²) in [5.41, 5.74) is 0.744. The van der Waals surface area contributed by atoms with Crippen molar-refractivity contribution in [3.05, 3.63) is 29.8 Å². The van der Waals surface area contributed by atoms with Gasteiger partial charge in [0.15, 0.2) is 0 Å². The van der Waals surface area contributed by atoms with Crippen LogP contribution in [0.25, 0.3) is 6.08 Å². The van der Waals surface area contributed by atoms with Gasteiger partial charge in [0, 0.05) is 11.3 Å². The van der Waals surface area contributed by atoms with E-state index in [1.807, 2.05) is 12.2 Å². The Hall–Kier alpha value is -1.09. The Balaban J connectivity index is 2.97. The highest BCUT2D eigenvalue weighted by Crippen LogP contribution is 2.23. The average Bonchev–Trinajstić information content (AvgIpc) is 2.17. The van der Waals surface area contributed by atoms with Crippen molar-refractivity contribution >= 4 is 18.7 Å². The van der Waals surface area contributed by atoms with Gasteiger partial charge in [-0.3, -0.25) is 0 Å². The van der Waals surface area contributed by atoms with E-state index in [9.17, 15) is 5.11 Å². The number of aromatic hydroxyl groups is 1. The van der Waals surface area contributed by atoms with Crippen LogP contribution >= 0.6 is 12.6 Å². The molecule has 0 bridgehead atoms. The molecule has 0 unspecified atom stereocenters. The van der Waals surface area contributed by atoms with Crippen molar-refractivity contribution < 1.29 is 9.84 Å². The fourth-order valence-electron chi connectivity index (χ4n) is 0.973. The van der Waals surface area contributed by atoms with Crippen LogP contribution in [0.2, 0.25) is 0 Å². The molecule has 0 saturated heterocycles. The molecule has 0 radical (unpaired) electrons. The van der Waals surface area contributed by atoms with Gasteiger partial charge in [-0.1, -0.05) is 12.2 Å². The summed E-state index contributed by atoms with van der Waals surface area (Å²) < 4.78 is 5.03. The molecule has 0 atom stereocenters. The third-order valence-electron chi connectivity index (χ3n) is 1.64. The highest BCUT2D eigenvalue weighted by Gasteiger charge is 1.98. The Bertz CT molecular complexity index is 308. The number of ether oxygens (including phenoxy) is 1. The summed E-state index contributed by atoms with van der Waals surface area (Å²) in [7, 11) is 1.60. The first-order valence-corrected chi connectivity index (χ1v) is 4.55. The molecule has 1 rings (SSSR count). The zero-order chi connectivity index (χ0) is 9.68. The molecule has 1 N–H and O–H groups in total. The maximum atomic E-state index is 9.43. The van der Waals surface area contributed by atoms with Crippen LogP contribution in [0, 0.1) is 0 Å². The minimum atomic E-state index is 0.249. The Morgan fingerprint density at radius 3 is 2.92 bits per heavy atom. The van der Waals surface area contributed by atoms with Crippen molar-refractivity contribution in [3.8, 4) is 11.5 Å². The lowest BCUT2D eigenvalue weighted by Gasteiger charge is -2.02. The van der Waals surface area contributed by atoms with Gasteiger partial charge >= 0.3 is 0 Å². The van der Waals surface area contributed by atoms with Crippen LogP contribution in [-0.2, 0) is 0 Å². The lowest BCUT2D eigenvalue weighted by atomic mass is 10.2. The number of phenols is 1. The number of thiol groups is 1. The largest absolute Gasteiger partial charge is 0.507 e. The summed E-state index contributed by atoms with van der Waals surface area (Å²) in [6.07, 6.45) is 3.67. The van der Waals surface area contributed by atoms with Gasteiger partial charge in [0.05, 0.1) is 7.11 Å². The molecule has 0 fully saturated rings. The standard InChI is InChI=1S/C10H12O2S/c1-12-9-4-5-10(11)8(7-9)3-2-6-13/h2-5,7,11,13H,6H2,1H3. The van der Waals surface area contributed by atoms with E-state index in [-0.39, 0.29) is 5.75 Å². The smallest absolute Gasteiger partial charge is 0.123 e. The molecule has 0 amide bonds. The minimum absolute atomic E-state index is 0.249. The van der Waals surface area contributed by atoms with Crippen molar-refractivity contribution in [2.45, 2.75) is 0 Å². The van der Waals surface area contributed by atoms with Gasteiger partial charge in [-0.25, -0.2) is 0 Å². The molecule has 0 saturated carbocycles. The molecule has 2 nitrogen and oxygen atoms in total. The van der Waals surface area contributed by atoms with Gasteiger partial charge in [-0.15, -0.1) is 0 Å². The lowest BCUT2D eigenvalue weighted by Crippen LogP contribution is -1.83. The molecular formula is C10H12O2S. The van der Waals surface area contributed by atoms with Gasteiger partial charge < -0.3 is 9.84 Å². The summed E-state index contributed by atoms with van der Waals surface area (Å²) in [5.74, 6) is 1.63. The molecule has 70 valence electrons. The number of rotatable bonds is 3. The number of phenolic OH excluding ortho intramolecular Hbond substituents is 1. The van der Waals surface area contributed by atoms with Gasteiger partial charge in [0.2, 0.25) is 0 Å². The third-order valence-corrected chi connectivity index (χ3v) is 1.85. The van der Waals surface area contributed by atoms with Crippen molar-refractivity contribution in [1.29, 1.82) is 0 Å². The zero-order valence-electron chi connectivity index (χ0n) is 7.40. The molecule has 3 heteroatoms. The normalized spacial score (nSPS) is 10.6. The first-order valence-electron chi connectivity index (χ1n) is 3.92. The van der Waals surface area contributed by atoms with Crippen LogP contribution in [-0.4, -0.2) is 18.0 Å². The first kappa shape index (κ1) is 9.99. The summed E-state index contributed by atoms with van der Waals surface area (Å²) in [6, 6.07) is 5.10. The van der Waals surface area contributed by atoms with E-state index < -0.39 is 0 Å². The molecular weight excluding hydrogens is 184 g/mol. The van der Waals surface area contributed by atoms with Crippen LogP contribution in [0.5, 0.6) is 11.5 Å². The van der Waals surface area contributed by atoms with Crippen LogP contribution in [0.1, 0.15) is 5.56 Å². The first-order chi connectivity index (χ1) is 6.27. The Labute approximate surface area is 83.3 Å². The number of hydrogen-bond acceptors (Lipinski definition) is 3. The topological polar surface area (TPSA) is 29.5 Å². The van der Waals surface area contributed by atoms with Crippen LogP contribution < -0.4 is 4.74 Å². The van der Waals surface area contributed by atoms with E-state index in [1.165, 1.54) is 0 Å². The third kappa shape index (κ3) is 2.70. The van der Waals surface area contributed by atoms with Crippen LogP contribution in [0.3, 0.4) is 0 Å². The Morgan fingerprint density at radius 2 is 2.31 bits per heavy atom. The molecule has 0 heterocycles. The monoisotopic (exact) mass is 196 g/mol. The van der Waals surface area contributed by atoms with Gasteiger partial charge in [0.1, 0.15) is 11.5 Å². The van der Waals surface area contributed by atoms with Crippen molar-refractivity contribution in [3.63, 3.8) is 0 Å². The lowest BCUT2D eigenvalue weighted by molar-refractivity contribution is 0.412. The number of methoxy groups -OCH3 is 1. The zero-order valence-corrected chi connectivity index (χ0v) is 8.29. The van der Waals surface area contributed by atoms with E-state index in [2.05, 4.69) is 12.6 Å².